The number of pyridine rings is 1. The molecule has 2 rings (SSSR count). The molecular formula is C9H12N4O2. The van der Waals surface area contributed by atoms with Crippen LogP contribution < -0.4 is 5.73 Å². The molecule has 6 heteroatoms. The highest BCUT2D eigenvalue weighted by Gasteiger charge is 2.17. The van der Waals surface area contributed by atoms with Gasteiger partial charge in [-0.2, -0.15) is 5.10 Å². The standard InChI is InChI=1S/C9H12N4O2/c10-2-8(14)9(15)5-1-6-7(11-3-5)4-12-13-6/h1,3-4,8-9,14-15H,2,10H2,(H,12,13). The first-order chi connectivity index (χ1) is 7.22. The molecule has 2 aromatic heterocycles. The van der Waals surface area contributed by atoms with Crippen molar-refractivity contribution in [2.75, 3.05) is 6.54 Å². The third-order valence-electron chi connectivity index (χ3n) is 2.26. The molecule has 0 fully saturated rings. The fourth-order valence-electron chi connectivity index (χ4n) is 1.36. The number of hydrogen-bond acceptors (Lipinski definition) is 5. The number of hydrogen-bond donors (Lipinski definition) is 4. The van der Waals surface area contributed by atoms with E-state index in [0.29, 0.717) is 11.1 Å². The van der Waals surface area contributed by atoms with Crippen LogP contribution in [0.4, 0.5) is 0 Å². The first kappa shape index (κ1) is 10.0. The number of fused-ring (bicyclic) bond motifs is 1. The number of aliphatic hydroxyl groups excluding tert-OH is 2. The molecule has 0 saturated heterocycles. The molecular weight excluding hydrogens is 196 g/mol. The Bertz CT molecular complexity index is 456. The summed E-state index contributed by atoms with van der Waals surface area (Å²) < 4.78 is 0. The summed E-state index contributed by atoms with van der Waals surface area (Å²) in [6.45, 7) is 0.00216. The molecule has 0 saturated carbocycles. The minimum atomic E-state index is -1.02. The zero-order valence-electron chi connectivity index (χ0n) is 7.96. The van der Waals surface area contributed by atoms with Crippen molar-refractivity contribution in [1.82, 2.24) is 15.2 Å². The largest absolute Gasteiger partial charge is 0.389 e. The molecule has 0 aliphatic carbocycles. The monoisotopic (exact) mass is 208 g/mol. The number of nitrogens with one attached hydrogen (secondary N) is 1. The highest BCUT2D eigenvalue weighted by Crippen LogP contribution is 2.18. The van der Waals surface area contributed by atoms with Crippen LogP contribution in [0.2, 0.25) is 0 Å². The van der Waals surface area contributed by atoms with E-state index in [1.165, 1.54) is 6.20 Å². The zero-order valence-corrected chi connectivity index (χ0v) is 7.96. The predicted molar refractivity (Wildman–Crippen MR) is 53.9 cm³/mol. The zero-order chi connectivity index (χ0) is 10.8. The van der Waals surface area contributed by atoms with E-state index < -0.39 is 12.2 Å². The molecule has 6 nitrogen and oxygen atoms in total. The van der Waals surface area contributed by atoms with E-state index in [4.69, 9.17) is 5.73 Å². The lowest BCUT2D eigenvalue weighted by Crippen LogP contribution is -2.27. The van der Waals surface area contributed by atoms with Crippen LogP contribution in [-0.2, 0) is 0 Å². The van der Waals surface area contributed by atoms with Gasteiger partial charge in [-0.25, -0.2) is 0 Å². The Morgan fingerprint density at radius 2 is 2.20 bits per heavy atom. The molecule has 0 amide bonds. The maximum absolute atomic E-state index is 9.68. The average Bonchev–Trinajstić information content (AvgIpc) is 2.73. The molecule has 0 aliphatic heterocycles. The second-order valence-corrected chi connectivity index (χ2v) is 3.32. The van der Waals surface area contributed by atoms with Crippen molar-refractivity contribution in [1.29, 1.82) is 0 Å². The second kappa shape index (κ2) is 3.93. The number of nitrogens with zero attached hydrogens (tertiary/aromatic N) is 2. The molecule has 0 bridgehead atoms. The summed E-state index contributed by atoms with van der Waals surface area (Å²) in [5.41, 5.74) is 7.20. The summed E-state index contributed by atoms with van der Waals surface area (Å²) in [5, 5.41) is 25.6. The summed E-state index contributed by atoms with van der Waals surface area (Å²) in [5.74, 6) is 0. The van der Waals surface area contributed by atoms with Crippen molar-refractivity contribution in [3.05, 3.63) is 24.0 Å². The molecule has 0 aromatic carbocycles. The van der Waals surface area contributed by atoms with E-state index in [9.17, 15) is 10.2 Å². The average molecular weight is 208 g/mol. The number of rotatable bonds is 3. The highest BCUT2D eigenvalue weighted by atomic mass is 16.3. The SMILES string of the molecule is NCC(O)C(O)c1cnc2cn[nH]c2c1. The van der Waals surface area contributed by atoms with Crippen LogP contribution >= 0.6 is 0 Å². The first-order valence-corrected chi connectivity index (χ1v) is 4.57. The van der Waals surface area contributed by atoms with E-state index >= 15 is 0 Å². The smallest absolute Gasteiger partial charge is 0.108 e. The molecule has 0 spiro atoms. The Balaban J connectivity index is 2.35. The van der Waals surface area contributed by atoms with E-state index in [2.05, 4.69) is 15.2 Å². The molecule has 0 aliphatic rings. The molecule has 0 radical (unpaired) electrons. The van der Waals surface area contributed by atoms with Gasteiger partial charge in [0.2, 0.25) is 0 Å². The van der Waals surface area contributed by atoms with Crippen molar-refractivity contribution in [2.45, 2.75) is 12.2 Å². The van der Waals surface area contributed by atoms with Gasteiger partial charge in [0.1, 0.15) is 11.6 Å². The molecule has 5 N–H and O–H groups in total. The van der Waals surface area contributed by atoms with Gasteiger partial charge in [-0.1, -0.05) is 0 Å². The van der Waals surface area contributed by atoms with Crippen LogP contribution in [0.1, 0.15) is 11.7 Å². The lowest BCUT2D eigenvalue weighted by molar-refractivity contribution is 0.0242. The molecule has 80 valence electrons. The number of aromatic amines is 1. The summed E-state index contributed by atoms with van der Waals surface area (Å²) in [4.78, 5) is 4.07. The van der Waals surface area contributed by atoms with Gasteiger partial charge in [0.05, 0.1) is 17.8 Å². The normalized spacial score (nSPS) is 15.4. The number of aliphatic hydroxyl groups is 2. The second-order valence-electron chi connectivity index (χ2n) is 3.32. The minimum absolute atomic E-state index is 0.00216. The summed E-state index contributed by atoms with van der Waals surface area (Å²) >= 11 is 0. The van der Waals surface area contributed by atoms with Gasteiger partial charge < -0.3 is 15.9 Å². The fraction of sp³-hybridized carbons (Fsp3) is 0.333. The molecule has 2 atom stereocenters. The quantitative estimate of drug-likeness (QED) is 0.534. The van der Waals surface area contributed by atoms with Crippen LogP contribution in [0.15, 0.2) is 18.5 Å². The van der Waals surface area contributed by atoms with E-state index in [0.717, 1.165) is 5.52 Å². The van der Waals surface area contributed by atoms with Crippen LogP contribution in [-0.4, -0.2) is 38.0 Å². The van der Waals surface area contributed by atoms with Crippen molar-refractivity contribution in [3.63, 3.8) is 0 Å². The molecule has 2 aromatic rings. The number of nitrogens with two attached hydrogens (primary N) is 1. The van der Waals surface area contributed by atoms with Gasteiger partial charge in [0.25, 0.3) is 0 Å². The fourth-order valence-corrected chi connectivity index (χ4v) is 1.36. The third-order valence-corrected chi connectivity index (χ3v) is 2.26. The van der Waals surface area contributed by atoms with Crippen molar-refractivity contribution >= 4 is 11.0 Å². The number of H-pyrrole nitrogens is 1. The summed E-state index contributed by atoms with van der Waals surface area (Å²) in [6.07, 6.45) is 1.09. The summed E-state index contributed by atoms with van der Waals surface area (Å²) in [6, 6.07) is 1.69. The molecule has 15 heavy (non-hydrogen) atoms. The van der Waals surface area contributed by atoms with Crippen LogP contribution in [0, 0.1) is 0 Å². The topological polar surface area (TPSA) is 108 Å². The first-order valence-electron chi connectivity index (χ1n) is 4.57. The lowest BCUT2D eigenvalue weighted by atomic mass is 10.1. The van der Waals surface area contributed by atoms with Crippen LogP contribution in [0.5, 0.6) is 0 Å². The minimum Gasteiger partial charge on any atom is -0.389 e. The number of aromatic nitrogens is 3. The van der Waals surface area contributed by atoms with Gasteiger partial charge >= 0.3 is 0 Å². The maximum atomic E-state index is 9.68. The van der Waals surface area contributed by atoms with Crippen molar-refractivity contribution < 1.29 is 10.2 Å². The van der Waals surface area contributed by atoms with Crippen molar-refractivity contribution in [3.8, 4) is 0 Å². The Morgan fingerprint density at radius 1 is 1.40 bits per heavy atom. The van der Waals surface area contributed by atoms with E-state index in [1.54, 1.807) is 12.3 Å². The van der Waals surface area contributed by atoms with Crippen LogP contribution in [0.3, 0.4) is 0 Å². The Kier molecular flexibility index (Phi) is 2.63. The highest BCUT2D eigenvalue weighted by molar-refractivity contribution is 5.73. The third kappa shape index (κ3) is 1.82. The summed E-state index contributed by atoms with van der Waals surface area (Å²) in [7, 11) is 0. The van der Waals surface area contributed by atoms with E-state index in [-0.39, 0.29) is 6.54 Å². The molecule has 2 heterocycles. The van der Waals surface area contributed by atoms with Crippen molar-refractivity contribution in [2.24, 2.45) is 5.73 Å². The van der Waals surface area contributed by atoms with E-state index in [1.807, 2.05) is 0 Å². The lowest BCUT2D eigenvalue weighted by Gasteiger charge is -2.15. The van der Waals surface area contributed by atoms with Gasteiger partial charge in [0, 0.05) is 18.3 Å². The molecule has 2 unspecified atom stereocenters. The van der Waals surface area contributed by atoms with Gasteiger partial charge in [-0.3, -0.25) is 10.1 Å². The Labute approximate surface area is 85.8 Å². The Morgan fingerprint density at radius 3 is 2.93 bits per heavy atom. The van der Waals surface area contributed by atoms with Crippen LogP contribution in [0.25, 0.3) is 11.0 Å². The Hall–Kier alpha value is -1.50. The van der Waals surface area contributed by atoms with Gasteiger partial charge in [-0.05, 0) is 6.07 Å². The predicted octanol–water partition coefficient (Wildman–Crippen LogP) is -0.689. The van der Waals surface area contributed by atoms with Gasteiger partial charge in [0.15, 0.2) is 0 Å². The maximum Gasteiger partial charge on any atom is 0.108 e. The van der Waals surface area contributed by atoms with Gasteiger partial charge in [-0.15, -0.1) is 0 Å².